The van der Waals surface area contributed by atoms with Crippen molar-refractivity contribution in [2.45, 2.75) is 10.8 Å². The van der Waals surface area contributed by atoms with Crippen molar-refractivity contribution >= 4 is 37.7 Å². The molecule has 0 spiro atoms. The summed E-state index contributed by atoms with van der Waals surface area (Å²) in [4.78, 5) is 13.2. The smallest absolute Gasteiger partial charge is 0.358 e. The molecule has 1 fully saturated rings. The molecule has 3 atom stereocenters. The zero-order valence-electron chi connectivity index (χ0n) is 22.1. The van der Waals surface area contributed by atoms with Gasteiger partial charge in [-0.2, -0.15) is 8.42 Å². The number of fused-ring (bicyclic) bond motifs is 3. The molecule has 0 unspecified atom stereocenters. The third kappa shape index (κ3) is 4.62. The summed E-state index contributed by atoms with van der Waals surface area (Å²) in [5.74, 6) is -0.238. The molecule has 11 nitrogen and oxygen atoms in total. The van der Waals surface area contributed by atoms with E-state index in [0.717, 1.165) is 0 Å². The number of nitrogens with zero attached hydrogens (tertiary/aromatic N) is 1. The number of carbonyl (C=O) groups excluding carboxylic acids is 1. The van der Waals surface area contributed by atoms with Crippen molar-refractivity contribution in [3.05, 3.63) is 69.7 Å². The number of benzene rings is 3. The van der Waals surface area contributed by atoms with E-state index in [-0.39, 0.29) is 24.0 Å². The minimum absolute atomic E-state index is 0.0150. The van der Waals surface area contributed by atoms with Gasteiger partial charge in [-0.3, -0.25) is 9.08 Å². The number of carbonyl (C=O) groups is 1. The van der Waals surface area contributed by atoms with Crippen LogP contribution in [0.4, 0.5) is 0 Å². The highest BCUT2D eigenvalue weighted by molar-refractivity contribution is 9.10. The van der Waals surface area contributed by atoms with Crippen LogP contribution in [0.1, 0.15) is 22.6 Å². The zero-order chi connectivity index (χ0) is 28.9. The van der Waals surface area contributed by atoms with Crippen LogP contribution < -0.4 is 23.7 Å². The molecule has 2 heterocycles. The van der Waals surface area contributed by atoms with E-state index in [1.807, 2.05) is 0 Å². The highest BCUT2D eigenvalue weighted by Gasteiger charge is 2.52. The summed E-state index contributed by atoms with van der Waals surface area (Å²) in [5, 5.41) is 4.14. The topological polar surface area (TPSA) is 128 Å². The molecule has 1 aliphatic carbocycles. The van der Waals surface area contributed by atoms with Gasteiger partial charge in [-0.15, -0.1) is 0 Å². The van der Waals surface area contributed by atoms with Crippen LogP contribution in [-0.2, 0) is 23.9 Å². The molecule has 0 amide bonds. The number of halogens is 1. The van der Waals surface area contributed by atoms with E-state index < -0.39 is 33.8 Å². The lowest BCUT2D eigenvalue weighted by Gasteiger charge is -2.34. The molecular weight excluding hydrogens is 622 g/mol. The fourth-order valence-corrected chi connectivity index (χ4v) is 6.50. The number of hydrogen-bond acceptors (Lipinski definition) is 11. The molecule has 214 valence electrons. The fourth-order valence-electron chi connectivity index (χ4n) is 5.50. The van der Waals surface area contributed by atoms with Gasteiger partial charge in [0.1, 0.15) is 11.5 Å². The van der Waals surface area contributed by atoms with Crippen molar-refractivity contribution in [1.29, 1.82) is 0 Å². The minimum Gasteiger partial charge on any atom is -0.493 e. The van der Waals surface area contributed by atoms with Gasteiger partial charge in [0.05, 0.1) is 38.9 Å². The van der Waals surface area contributed by atoms with Gasteiger partial charge in [0.15, 0.2) is 23.0 Å². The molecule has 0 bridgehead atoms. The van der Waals surface area contributed by atoms with Crippen molar-refractivity contribution < 1.29 is 45.9 Å². The normalized spacial score (nSPS) is 21.6. The first-order valence-electron chi connectivity index (χ1n) is 12.4. The van der Waals surface area contributed by atoms with Gasteiger partial charge < -0.3 is 28.4 Å². The number of rotatable bonds is 7. The van der Waals surface area contributed by atoms with Crippen LogP contribution in [0.15, 0.2) is 63.1 Å². The average Bonchev–Trinajstić information content (AvgIpc) is 3.59. The Kier molecular flexibility index (Phi) is 6.94. The van der Waals surface area contributed by atoms with Crippen LogP contribution in [0, 0.1) is 11.8 Å². The number of hydrogen-bond donors (Lipinski definition) is 0. The summed E-state index contributed by atoms with van der Waals surface area (Å²) in [6.45, 7) is 0.00171. The van der Waals surface area contributed by atoms with Gasteiger partial charge in [-0.1, -0.05) is 21.1 Å². The second kappa shape index (κ2) is 10.5. The molecule has 6 rings (SSSR count). The lowest BCUT2D eigenvalue weighted by molar-refractivity contribution is -0.141. The molecule has 13 heteroatoms. The number of esters is 1. The van der Waals surface area contributed by atoms with Gasteiger partial charge >= 0.3 is 16.1 Å². The van der Waals surface area contributed by atoms with Gasteiger partial charge in [0, 0.05) is 16.0 Å². The van der Waals surface area contributed by atoms with Crippen LogP contribution in [0.2, 0.25) is 0 Å². The van der Waals surface area contributed by atoms with Crippen LogP contribution in [-0.4, -0.2) is 54.8 Å². The highest BCUT2D eigenvalue weighted by Crippen LogP contribution is 2.52. The molecule has 0 radical (unpaired) electrons. The van der Waals surface area contributed by atoms with E-state index in [1.165, 1.54) is 33.5 Å². The van der Waals surface area contributed by atoms with Crippen molar-refractivity contribution in [3.63, 3.8) is 0 Å². The monoisotopic (exact) mass is 645 g/mol. The van der Waals surface area contributed by atoms with Crippen molar-refractivity contribution in [2.75, 3.05) is 34.7 Å². The van der Waals surface area contributed by atoms with E-state index in [9.17, 15) is 13.2 Å². The van der Waals surface area contributed by atoms with Gasteiger partial charge in [0.2, 0.25) is 12.5 Å². The lowest BCUT2D eigenvalue weighted by Crippen LogP contribution is -2.37. The van der Waals surface area contributed by atoms with E-state index in [2.05, 4.69) is 21.1 Å². The lowest BCUT2D eigenvalue weighted by atomic mass is 9.66. The summed E-state index contributed by atoms with van der Waals surface area (Å²) in [6.07, 6.45) is 0. The third-order valence-corrected chi connectivity index (χ3v) is 9.01. The average molecular weight is 646 g/mol. The summed E-state index contributed by atoms with van der Waals surface area (Å²) < 4.78 is 65.4. The molecule has 0 aromatic heterocycles. The summed E-state index contributed by atoms with van der Waals surface area (Å²) in [6, 6.07) is 13.0. The SMILES string of the molecule is COc1cc([C@@H]2c3cc4c(cc3/C(=N/OS(=O)(=O)c3ccc(Br)cc3)[C@H]3COC(=O)[C@@H]23)OCO4)cc(OC)c1OC. The summed E-state index contributed by atoms with van der Waals surface area (Å²) in [5.41, 5.74) is 2.13. The maximum atomic E-state index is 13.3. The van der Waals surface area contributed by atoms with Gasteiger partial charge in [-0.25, -0.2) is 0 Å². The maximum Gasteiger partial charge on any atom is 0.358 e. The quantitative estimate of drug-likeness (QED) is 0.272. The van der Waals surface area contributed by atoms with Crippen LogP contribution in [0.25, 0.3) is 0 Å². The number of methoxy groups -OCH3 is 3. The molecule has 41 heavy (non-hydrogen) atoms. The van der Waals surface area contributed by atoms with Gasteiger partial charge in [0.25, 0.3) is 0 Å². The molecule has 0 N–H and O–H groups in total. The van der Waals surface area contributed by atoms with E-state index in [1.54, 1.807) is 36.4 Å². The Morgan fingerprint density at radius 2 is 1.56 bits per heavy atom. The molecule has 0 saturated carbocycles. The minimum atomic E-state index is -4.26. The highest BCUT2D eigenvalue weighted by atomic mass is 79.9. The van der Waals surface area contributed by atoms with Crippen LogP contribution >= 0.6 is 15.9 Å². The Balaban J connectivity index is 1.53. The third-order valence-electron chi connectivity index (χ3n) is 7.36. The first-order chi connectivity index (χ1) is 19.7. The van der Waals surface area contributed by atoms with E-state index in [0.29, 0.717) is 49.9 Å². The second-order valence-corrected chi connectivity index (χ2v) is 11.9. The Labute approximate surface area is 244 Å². The molecule has 2 aliphatic heterocycles. The number of cyclic esters (lactones) is 1. The Morgan fingerprint density at radius 3 is 2.20 bits per heavy atom. The first kappa shape index (κ1) is 27.2. The number of ether oxygens (including phenoxy) is 6. The predicted molar refractivity (Wildman–Crippen MR) is 147 cm³/mol. The second-order valence-electron chi connectivity index (χ2n) is 9.45. The summed E-state index contributed by atoms with van der Waals surface area (Å²) in [7, 11) is 0.262. The van der Waals surface area contributed by atoms with Crippen molar-refractivity contribution in [1.82, 2.24) is 0 Å². The predicted octanol–water partition coefficient (Wildman–Crippen LogP) is 4.25. The summed E-state index contributed by atoms with van der Waals surface area (Å²) >= 11 is 3.29. The fraction of sp³-hybridized carbons (Fsp3) is 0.286. The van der Waals surface area contributed by atoms with Crippen LogP contribution in [0.3, 0.4) is 0 Å². The van der Waals surface area contributed by atoms with E-state index in [4.69, 9.17) is 32.7 Å². The Hall–Kier alpha value is -3.97. The van der Waals surface area contributed by atoms with Crippen molar-refractivity contribution in [2.24, 2.45) is 17.0 Å². The van der Waals surface area contributed by atoms with Crippen LogP contribution in [0.5, 0.6) is 28.7 Å². The zero-order valence-corrected chi connectivity index (χ0v) is 24.5. The number of oxime groups is 1. The molecule has 3 aliphatic rings. The standard InChI is InChI=1S/C28H24BrNO10S/c1-34-22-8-14(9-23(35-2)27(22)36-3)24-17-10-20-21(39-13-38-20)11-18(17)26(19-12-37-28(31)25(19)24)30-40-41(32,33)16-6-4-15(29)5-7-16/h4-11,19,24-25H,12-13H2,1-3H3/b30-26-/t19-,24+,25+/m0/s1. The maximum absolute atomic E-state index is 13.3. The molecule has 3 aromatic carbocycles. The molecule has 1 saturated heterocycles. The largest absolute Gasteiger partial charge is 0.493 e. The first-order valence-corrected chi connectivity index (χ1v) is 14.6. The van der Waals surface area contributed by atoms with E-state index >= 15 is 0 Å². The Bertz CT molecular complexity index is 1650. The molecule has 3 aromatic rings. The van der Waals surface area contributed by atoms with Crippen molar-refractivity contribution in [3.8, 4) is 28.7 Å². The van der Waals surface area contributed by atoms with Gasteiger partial charge in [-0.05, 0) is 59.7 Å². The molecular formula is C28H24BrNO10S. The Morgan fingerprint density at radius 1 is 0.902 bits per heavy atom.